The van der Waals surface area contributed by atoms with Crippen molar-refractivity contribution in [1.29, 1.82) is 0 Å². The Labute approximate surface area is 111 Å². The molecule has 0 aromatic carbocycles. The Kier molecular flexibility index (Phi) is 3.19. The van der Waals surface area contributed by atoms with Gasteiger partial charge in [0.15, 0.2) is 5.69 Å². The molecular weight excluding hydrogens is 242 g/mol. The number of rotatable bonds is 3. The van der Waals surface area contributed by atoms with Crippen LogP contribution in [0.25, 0.3) is 11.0 Å². The van der Waals surface area contributed by atoms with Crippen LogP contribution in [0.15, 0.2) is 12.3 Å². The highest BCUT2D eigenvalue weighted by atomic mass is 16.5. The van der Waals surface area contributed by atoms with Crippen molar-refractivity contribution in [3.8, 4) is 0 Å². The van der Waals surface area contributed by atoms with E-state index in [9.17, 15) is 4.79 Å². The third-order valence-corrected chi connectivity index (χ3v) is 3.63. The van der Waals surface area contributed by atoms with Crippen LogP contribution in [0.1, 0.15) is 54.8 Å². The quantitative estimate of drug-likeness (QED) is 0.860. The van der Waals surface area contributed by atoms with Crippen LogP contribution in [0.2, 0.25) is 0 Å². The van der Waals surface area contributed by atoms with Crippen molar-refractivity contribution >= 4 is 17.0 Å². The van der Waals surface area contributed by atoms with E-state index in [1.165, 1.54) is 25.7 Å². The molecule has 1 aliphatic rings. The van der Waals surface area contributed by atoms with Crippen LogP contribution < -0.4 is 0 Å². The summed E-state index contributed by atoms with van der Waals surface area (Å²) in [7, 11) is 0. The summed E-state index contributed by atoms with van der Waals surface area (Å²) in [6.07, 6.45) is 6.45. The third kappa shape index (κ3) is 2.20. The zero-order valence-electron chi connectivity index (χ0n) is 11.0. The molecule has 0 spiro atoms. The van der Waals surface area contributed by atoms with Crippen molar-refractivity contribution in [2.75, 3.05) is 6.61 Å². The number of carbonyl (C=O) groups excluding carboxylic acids is 1. The average Bonchev–Trinajstić information content (AvgIpc) is 3.06. The number of aromatic nitrogens is 3. The molecule has 0 aliphatic heterocycles. The summed E-state index contributed by atoms with van der Waals surface area (Å²) in [5, 5.41) is 0. The van der Waals surface area contributed by atoms with Gasteiger partial charge < -0.3 is 9.72 Å². The molecule has 0 radical (unpaired) electrons. The number of ether oxygens (including phenoxy) is 1. The molecule has 5 nitrogen and oxygen atoms in total. The fourth-order valence-electron chi connectivity index (χ4n) is 2.70. The predicted octanol–water partition coefficient (Wildman–Crippen LogP) is 2.79. The predicted molar refractivity (Wildman–Crippen MR) is 71.1 cm³/mol. The maximum atomic E-state index is 11.9. The highest BCUT2D eigenvalue weighted by molar-refractivity contribution is 5.99. The molecule has 3 rings (SSSR count). The highest BCUT2D eigenvalue weighted by Gasteiger charge is 2.22. The summed E-state index contributed by atoms with van der Waals surface area (Å²) in [6, 6.07) is 1.83. The number of hydrogen-bond donors (Lipinski definition) is 1. The molecule has 0 bridgehead atoms. The molecule has 1 N–H and O–H groups in total. The molecule has 0 amide bonds. The summed E-state index contributed by atoms with van der Waals surface area (Å²) in [4.78, 5) is 23.8. The second-order valence-electron chi connectivity index (χ2n) is 4.88. The Hall–Kier alpha value is -1.91. The molecule has 1 saturated carbocycles. The summed E-state index contributed by atoms with van der Waals surface area (Å²) in [5.74, 6) is 1.07. The number of imidazole rings is 1. The van der Waals surface area contributed by atoms with Gasteiger partial charge in [-0.15, -0.1) is 0 Å². The molecule has 0 unspecified atom stereocenters. The summed E-state index contributed by atoms with van der Waals surface area (Å²) < 4.78 is 5.02. The molecule has 2 aromatic heterocycles. The third-order valence-electron chi connectivity index (χ3n) is 3.63. The van der Waals surface area contributed by atoms with Gasteiger partial charge in [-0.25, -0.2) is 14.8 Å². The molecule has 0 atom stereocenters. The molecule has 100 valence electrons. The van der Waals surface area contributed by atoms with Crippen molar-refractivity contribution in [2.24, 2.45) is 0 Å². The van der Waals surface area contributed by atoms with Gasteiger partial charge in [-0.1, -0.05) is 12.8 Å². The lowest BCUT2D eigenvalue weighted by Gasteiger charge is -2.03. The first-order valence-corrected chi connectivity index (χ1v) is 6.81. The van der Waals surface area contributed by atoms with E-state index in [1.54, 1.807) is 13.1 Å². The Morgan fingerprint density at radius 2 is 2.26 bits per heavy atom. The van der Waals surface area contributed by atoms with E-state index in [1.807, 2.05) is 6.07 Å². The molecule has 0 saturated heterocycles. The van der Waals surface area contributed by atoms with E-state index in [0.717, 1.165) is 11.3 Å². The van der Waals surface area contributed by atoms with Crippen LogP contribution in [0.5, 0.6) is 0 Å². The minimum Gasteiger partial charge on any atom is -0.461 e. The first kappa shape index (κ1) is 12.1. The number of H-pyrrole nitrogens is 1. The maximum Gasteiger partial charge on any atom is 0.359 e. The average molecular weight is 259 g/mol. The number of pyridine rings is 1. The molecule has 1 fully saturated rings. The van der Waals surface area contributed by atoms with Crippen molar-refractivity contribution in [2.45, 2.75) is 38.5 Å². The van der Waals surface area contributed by atoms with Gasteiger partial charge in [0.1, 0.15) is 5.82 Å². The van der Waals surface area contributed by atoms with Gasteiger partial charge in [0.2, 0.25) is 0 Å². The number of aromatic amines is 1. The van der Waals surface area contributed by atoms with Crippen molar-refractivity contribution in [3.63, 3.8) is 0 Å². The fourth-order valence-corrected chi connectivity index (χ4v) is 2.70. The number of nitrogens with one attached hydrogen (secondary N) is 1. The standard InChI is InChI=1S/C14H17N3O2/c1-2-19-14(18)12-11-10(7-8-15-12)16-13(17-11)9-5-3-4-6-9/h7-9H,2-6H2,1H3,(H,16,17). The highest BCUT2D eigenvalue weighted by Crippen LogP contribution is 2.33. The van der Waals surface area contributed by atoms with Gasteiger partial charge >= 0.3 is 5.97 Å². The van der Waals surface area contributed by atoms with Crippen LogP contribution in [0.4, 0.5) is 0 Å². The molecule has 19 heavy (non-hydrogen) atoms. The monoisotopic (exact) mass is 259 g/mol. The topological polar surface area (TPSA) is 67.9 Å². The smallest absolute Gasteiger partial charge is 0.359 e. The van der Waals surface area contributed by atoms with Crippen LogP contribution in [-0.2, 0) is 4.74 Å². The summed E-state index contributed by atoms with van der Waals surface area (Å²) in [5.41, 5.74) is 1.82. The largest absolute Gasteiger partial charge is 0.461 e. The second kappa shape index (κ2) is 4.99. The van der Waals surface area contributed by atoms with Crippen molar-refractivity contribution in [3.05, 3.63) is 23.8 Å². The lowest BCUT2D eigenvalue weighted by atomic mass is 10.1. The second-order valence-corrected chi connectivity index (χ2v) is 4.88. The number of esters is 1. The van der Waals surface area contributed by atoms with E-state index in [2.05, 4.69) is 15.0 Å². The maximum absolute atomic E-state index is 11.9. The van der Waals surface area contributed by atoms with Gasteiger partial charge in [0.25, 0.3) is 0 Å². The normalized spacial score (nSPS) is 16.1. The number of hydrogen-bond acceptors (Lipinski definition) is 4. The number of nitrogens with zero attached hydrogens (tertiary/aromatic N) is 2. The van der Waals surface area contributed by atoms with Gasteiger partial charge in [-0.05, 0) is 25.8 Å². The van der Waals surface area contributed by atoms with Gasteiger partial charge in [-0.2, -0.15) is 0 Å². The molecule has 1 aliphatic carbocycles. The van der Waals surface area contributed by atoms with Crippen molar-refractivity contribution in [1.82, 2.24) is 15.0 Å². The molecule has 2 aromatic rings. The number of fused-ring (bicyclic) bond motifs is 1. The van der Waals surface area contributed by atoms with E-state index >= 15 is 0 Å². The summed E-state index contributed by atoms with van der Waals surface area (Å²) in [6.45, 7) is 2.13. The van der Waals surface area contributed by atoms with Crippen LogP contribution in [0.3, 0.4) is 0 Å². The van der Waals surface area contributed by atoms with E-state index < -0.39 is 5.97 Å². The van der Waals surface area contributed by atoms with Gasteiger partial charge in [0.05, 0.1) is 17.6 Å². The van der Waals surface area contributed by atoms with Crippen LogP contribution in [0, 0.1) is 0 Å². The number of carbonyl (C=O) groups is 1. The molecule has 5 heteroatoms. The minimum atomic E-state index is -0.394. The van der Waals surface area contributed by atoms with E-state index in [4.69, 9.17) is 4.74 Å². The lowest BCUT2D eigenvalue weighted by molar-refractivity contribution is 0.0522. The zero-order valence-corrected chi connectivity index (χ0v) is 11.0. The van der Waals surface area contributed by atoms with Crippen molar-refractivity contribution < 1.29 is 9.53 Å². The first-order chi connectivity index (χ1) is 9.29. The summed E-state index contributed by atoms with van der Waals surface area (Å²) >= 11 is 0. The zero-order chi connectivity index (χ0) is 13.2. The Morgan fingerprint density at radius 1 is 1.47 bits per heavy atom. The fraction of sp³-hybridized carbons (Fsp3) is 0.500. The van der Waals surface area contributed by atoms with E-state index in [-0.39, 0.29) is 0 Å². The molecular formula is C14H17N3O2. The Balaban J connectivity index is 2.01. The van der Waals surface area contributed by atoms with Gasteiger partial charge in [0, 0.05) is 12.1 Å². The lowest BCUT2D eigenvalue weighted by Crippen LogP contribution is -2.07. The van der Waals surface area contributed by atoms with E-state index in [0.29, 0.717) is 23.7 Å². The molecule has 2 heterocycles. The Bertz CT molecular complexity index is 600. The minimum absolute atomic E-state index is 0.330. The van der Waals surface area contributed by atoms with Crippen LogP contribution in [-0.4, -0.2) is 27.5 Å². The SMILES string of the molecule is CCOC(=O)c1nccc2nc(C3CCCC3)[nH]c12. The van der Waals surface area contributed by atoms with Gasteiger partial charge in [-0.3, -0.25) is 0 Å². The first-order valence-electron chi connectivity index (χ1n) is 6.81. The Morgan fingerprint density at radius 3 is 3.00 bits per heavy atom. The van der Waals surface area contributed by atoms with Crippen LogP contribution >= 0.6 is 0 Å².